The highest BCUT2D eigenvalue weighted by Crippen LogP contribution is 2.21. The van der Waals surface area contributed by atoms with Crippen LogP contribution >= 0.6 is 0 Å². The van der Waals surface area contributed by atoms with Gasteiger partial charge in [0.05, 0.1) is 17.5 Å². The van der Waals surface area contributed by atoms with Crippen LogP contribution in [0.3, 0.4) is 0 Å². The maximum Gasteiger partial charge on any atom is 0.263 e. The molecule has 86 valence electrons. The van der Waals surface area contributed by atoms with Gasteiger partial charge in [-0.05, 0) is 19.1 Å². The van der Waals surface area contributed by atoms with E-state index in [1.54, 1.807) is 25.1 Å². The molecule has 1 aliphatic rings. The summed E-state index contributed by atoms with van der Waals surface area (Å²) in [5, 5.41) is 9.11. The first-order chi connectivity index (χ1) is 7.50. The van der Waals surface area contributed by atoms with Gasteiger partial charge in [0.1, 0.15) is 5.84 Å². The van der Waals surface area contributed by atoms with Crippen LogP contribution in [-0.2, 0) is 10.0 Å². The first-order valence-corrected chi connectivity index (χ1v) is 6.34. The Bertz CT molecular complexity index is 535. The molecule has 0 saturated carbocycles. The summed E-state index contributed by atoms with van der Waals surface area (Å²) in [5.74, 6) is 0.302. The molecule has 2 N–H and O–H groups in total. The topological polar surface area (TPSA) is 78.8 Å². The molecule has 0 amide bonds. The molecule has 1 heterocycles. The van der Waals surface area contributed by atoms with Crippen molar-refractivity contribution in [2.24, 2.45) is 4.99 Å². The fourth-order valence-electron chi connectivity index (χ4n) is 1.47. The Balaban J connectivity index is 2.45. The van der Waals surface area contributed by atoms with Crippen molar-refractivity contribution >= 4 is 15.9 Å². The Morgan fingerprint density at radius 2 is 2.12 bits per heavy atom. The molecule has 0 fully saturated rings. The van der Waals surface area contributed by atoms with Crippen LogP contribution in [0.5, 0.6) is 0 Å². The number of aliphatic hydroxyl groups excluding tert-OH is 1. The second kappa shape index (κ2) is 3.88. The molecule has 0 unspecified atom stereocenters. The number of fused-ring (bicyclic) bond motifs is 1. The molecule has 16 heavy (non-hydrogen) atoms. The fraction of sp³-hybridized carbons (Fsp3) is 0.300. The zero-order valence-corrected chi connectivity index (χ0v) is 9.53. The Kier molecular flexibility index (Phi) is 2.69. The van der Waals surface area contributed by atoms with Crippen LogP contribution < -0.4 is 4.72 Å². The first-order valence-electron chi connectivity index (χ1n) is 4.85. The molecule has 0 bridgehead atoms. The van der Waals surface area contributed by atoms with E-state index in [2.05, 4.69) is 9.71 Å². The lowest BCUT2D eigenvalue weighted by Crippen LogP contribution is -2.23. The van der Waals surface area contributed by atoms with E-state index in [-0.39, 0.29) is 11.4 Å². The summed E-state index contributed by atoms with van der Waals surface area (Å²) in [6.45, 7) is 1.77. The molecule has 1 aromatic rings. The summed E-state index contributed by atoms with van der Waals surface area (Å²) in [5.41, 5.74) is 0.558. The molecule has 1 aliphatic heterocycles. The number of benzene rings is 1. The number of nitrogens with zero attached hydrogens (tertiary/aromatic N) is 1. The van der Waals surface area contributed by atoms with Gasteiger partial charge in [-0.3, -0.25) is 9.71 Å². The average molecular weight is 240 g/mol. The third-order valence-corrected chi connectivity index (χ3v) is 3.57. The van der Waals surface area contributed by atoms with Crippen molar-refractivity contribution in [3.05, 3.63) is 29.8 Å². The van der Waals surface area contributed by atoms with E-state index in [4.69, 9.17) is 5.11 Å². The Morgan fingerprint density at radius 1 is 1.44 bits per heavy atom. The largest absolute Gasteiger partial charge is 0.391 e. The van der Waals surface area contributed by atoms with Gasteiger partial charge in [-0.15, -0.1) is 0 Å². The number of aliphatic imine (C=N–C) groups is 1. The lowest BCUT2D eigenvalue weighted by Gasteiger charge is -2.00. The standard InChI is InChI=1S/C10H12N2O3S/c1-7(13)6-11-10-8-4-2-3-5-9(8)16(14,15)12-10/h2-5,7,13H,6H2,1H3,(H,11,12)/t7-/m0/s1. The molecule has 6 heteroatoms. The van der Waals surface area contributed by atoms with Gasteiger partial charge < -0.3 is 5.11 Å². The van der Waals surface area contributed by atoms with Crippen molar-refractivity contribution < 1.29 is 13.5 Å². The monoisotopic (exact) mass is 240 g/mol. The number of aliphatic hydroxyl groups is 1. The highest BCUT2D eigenvalue weighted by Gasteiger charge is 2.29. The van der Waals surface area contributed by atoms with Gasteiger partial charge in [-0.25, -0.2) is 8.42 Å². The Hall–Kier alpha value is -1.40. The van der Waals surface area contributed by atoms with Crippen LogP contribution in [0.15, 0.2) is 34.2 Å². The van der Waals surface area contributed by atoms with Crippen LogP contribution in [-0.4, -0.2) is 32.0 Å². The van der Waals surface area contributed by atoms with Crippen LogP contribution in [0.1, 0.15) is 12.5 Å². The quantitative estimate of drug-likeness (QED) is 0.770. The smallest absolute Gasteiger partial charge is 0.263 e. The first kappa shape index (κ1) is 11.1. The zero-order valence-electron chi connectivity index (χ0n) is 8.71. The summed E-state index contributed by atoms with van der Waals surface area (Å²) in [4.78, 5) is 4.27. The van der Waals surface area contributed by atoms with E-state index in [1.807, 2.05) is 0 Å². The number of nitrogens with one attached hydrogen (secondary N) is 1. The Morgan fingerprint density at radius 3 is 2.81 bits per heavy atom. The van der Waals surface area contributed by atoms with Gasteiger partial charge in [0.2, 0.25) is 0 Å². The van der Waals surface area contributed by atoms with E-state index in [1.165, 1.54) is 6.07 Å². The summed E-state index contributed by atoms with van der Waals surface area (Å²) in [6, 6.07) is 6.63. The lowest BCUT2D eigenvalue weighted by atomic mass is 10.2. The molecule has 1 atom stereocenters. The molecular formula is C10H12N2O3S. The molecule has 0 radical (unpaired) electrons. The van der Waals surface area contributed by atoms with Crippen molar-refractivity contribution in [1.29, 1.82) is 0 Å². The summed E-state index contributed by atoms with van der Waals surface area (Å²) in [6.07, 6.45) is -0.593. The van der Waals surface area contributed by atoms with Crippen molar-refractivity contribution in [3.8, 4) is 0 Å². The van der Waals surface area contributed by atoms with E-state index >= 15 is 0 Å². The molecule has 0 aliphatic carbocycles. The molecule has 0 spiro atoms. The predicted molar refractivity (Wildman–Crippen MR) is 59.8 cm³/mol. The second-order valence-corrected chi connectivity index (χ2v) is 5.29. The van der Waals surface area contributed by atoms with Gasteiger partial charge in [-0.2, -0.15) is 0 Å². The van der Waals surface area contributed by atoms with Crippen molar-refractivity contribution in [2.75, 3.05) is 6.54 Å². The summed E-state index contributed by atoms with van der Waals surface area (Å²) < 4.78 is 25.7. The summed E-state index contributed by atoms with van der Waals surface area (Å²) in [7, 11) is -3.47. The number of amidine groups is 1. The third-order valence-electron chi connectivity index (χ3n) is 2.18. The van der Waals surface area contributed by atoms with Crippen LogP contribution in [0.25, 0.3) is 0 Å². The minimum atomic E-state index is -3.47. The van der Waals surface area contributed by atoms with E-state index in [0.717, 1.165) is 0 Å². The van der Waals surface area contributed by atoms with Gasteiger partial charge in [0.15, 0.2) is 0 Å². The number of hydrogen-bond acceptors (Lipinski definition) is 4. The van der Waals surface area contributed by atoms with Gasteiger partial charge >= 0.3 is 0 Å². The van der Waals surface area contributed by atoms with Crippen LogP contribution in [0, 0.1) is 0 Å². The second-order valence-electron chi connectivity index (χ2n) is 3.64. The van der Waals surface area contributed by atoms with Gasteiger partial charge in [0.25, 0.3) is 10.0 Å². The Labute approximate surface area is 93.9 Å². The maximum atomic E-state index is 11.7. The molecule has 0 aromatic heterocycles. The van der Waals surface area contributed by atoms with Gasteiger partial charge in [-0.1, -0.05) is 12.1 Å². The van der Waals surface area contributed by atoms with E-state index < -0.39 is 16.1 Å². The van der Waals surface area contributed by atoms with Crippen molar-refractivity contribution in [1.82, 2.24) is 4.72 Å². The predicted octanol–water partition coefficient (Wildman–Crippen LogP) is 0.106. The zero-order chi connectivity index (χ0) is 11.8. The van der Waals surface area contributed by atoms with Crippen LogP contribution in [0.4, 0.5) is 0 Å². The maximum absolute atomic E-state index is 11.7. The SMILES string of the molecule is C[C@H](O)CN=C1NS(=O)(=O)c2ccccc21. The number of hydrogen-bond donors (Lipinski definition) is 2. The highest BCUT2D eigenvalue weighted by atomic mass is 32.2. The van der Waals surface area contributed by atoms with E-state index in [9.17, 15) is 8.42 Å². The van der Waals surface area contributed by atoms with Gasteiger partial charge in [0, 0.05) is 5.56 Å². The molecule has 2 rings (SSSR count). The van der Waals surface area contributed by atoms with Crippen molar-refractivity contribution in [2.45, 2.75) is 17.9 Å². The summed E-state index contributed by atoms with van der Waals surface area (Å²) >= 11 is 0. The van der Waals surface area contributed by atoms with E-state index in [0.29, 0.717) is 11.4 Å². The van der Waals surface area contributed by atoms with Crippen LogP contribution in [0.2, 0.25) is 0 Å². The fourth-order valence-corrected chi connectivity index (χ4v) is 2.73. The molecule has 1 aromatic carbocycles. The lowest BCUT2D eigenvalue weighted by molar-refractivity contribution is 0.204. The third kappa shape index (κ3) is 1.94. The minimum absolute atomic E-state index is 0.173. The molecule has 0 saturated heterocycles. The minimum Gasteiger partial charge on any atom is -0.391 e. The molecule has 5 nitrogen and oxygen atoms in total. The molecular weight excluding hydrogens is 228 g/mol. The highest BCUT2D eigenvalue weighted by molar-refractivity contribution is 7.90. The van der Waals surface area contributed by atoms with Crippen molar-refractivity contribution in [3.63, 3.8) is 0 Å². The number of rotatable bonds is 2. The number of sulfonamides is 1. The average Bonchev–Trinajstić information content (AvgIpc) is 2.49. The normalized spacial score (nSPS) is 21.5.